The van der Waals surface area contributed by atoms with E-state index in [1.165, 1.54) is 0 Å². The van der Waals surface area contributed by atoms with Crippen LogP contribution in [0.1, 0.15) is 11.1 Å². The second kappa shape index (κ2) is 6.76. The number of nitrogens with two attached hydrogens (primary N) is 1. The summed E-state index contributed by atoms with van der Waals surface area (Å²) in [6.07, 6.45) is 0. The highest BCUT2D eigenvalue weighted by Gasteiger charge is 2.05. The van der Waals surface area contributed by atoms with Gasteiger partial charge in [-0.05, 0) is 55.6 Å². The van der Waals surface area contributed by atoms with Gasteiger partial charge in [-0.15, -0.1) is 0 Å². The van der Waals surface area contributed by atoms with Crippen molar-refractivity contribution in [3.63, 3.8) is 0 Å². The van der Waals surface area contributed by atoms with Gasteiger partial charge >= 0.3 is 0 Å². The van der Waals surface area contributed by atoms with E-state index in [0.29, 0.717) is 12.1 Å². The van der Waals surface area contributed by atoms with E-state index in [0.717, 1.165) is 20.2 Å². The molecule has 0 heterocycles. The van der Waals surface area contributed by atoms with Crippen molar-refractivity contribution in [2.45, 2.75) is 6.54 Å². The van der Waals surface area contributed by atoms with Crippen molar-refractivity contribution < 1.29 is 5.21 Å². The Kier molecular flexibility index (Phi) is 5.03. The minimum atomic E-state index is 0.105. The number of nitrogens with one attached hydrogen (secondary N) is 1. The number of amidine groups is 1. The molecule has 0 aliphatic rings. The Hall–Kier alpha value is -1.53. The predicted octanol–water partition coefficient (Wildman–Crippen LogP) is 3.92. The van der Waals surface area contributed by atoms with E-state index >= 15 is 0 Å². The van der Waals surface area contributed by atoms with E-state index in [-0.39, 0.29) is 5.84 Å². The van der Waals surface area contributed by atoms with Gasteiger partial charge in [0, 0.05) is 21.1 Å². The number of rotatable bonds is 4. The molecule has 4 N–H and O–H groups in total. The lowest BCUT2D eigenvalue weighted by Crippen LogP contribution is -2.13. The molecule has 0 aromatic heterocycles. The largest absolute Gasteiger partial charge is 0.409 e. The van der Waals surface area contributed by atoms with Gasteiger partial charge in [0.1, 0.15) is 0 Å². The monoisotopic (exact) mass is 397 g/mol. The lowest BCUT2D eigenvalue weighted by molar-refractivity contribution is 0.318. The molecule has 2 aromatic carbocycles. The van der Waals surface area contributed by atoms with Crippen LogP contribution in [0.4, 0.5) is 5.69 Å². The first-order valence-electron chi connectivity index (χ1n) is 5.86. The van der Waals surface area contributed by atoms with Gasteiger partial charge in [0.05, 0.1) is 5.69 Å². The summed E-state index contributed by atoms with van der Waals surface area (Å²) in [5.74, 6) is 0.105. The smallest absolute Gasteiger partial charge is 0.170 e. The van der Waals surface area contributed by atoms with Crippen molar-refractivity contribution in [3.8, 4) is 0 Å². The molecule has 0 aliphatic carbocycles. The maximum atomic E-state index is 8.69. The molecule has 0 atom stereocenters. The summed E-state index contributed by atoms with van der Waals surface area (Å²) < 4.78 is 1.97. The SMILES string of the molecule is N/C(=N/O)c1cccc(CNc2c(Br)cccc2Br)c1. The van der Waals surface area contributed by atoms with E-state index in [4.69, 9.17) is 10.9 Å². The summed E-state index contributed by atoms with van der Waals surface area (Å²) in [4.78, 5) is 0. The van der Waals surface area contributed by atoms with Crippen molar-refractivity contribution in [2.24, 2.45) is 10.9 Å². The summed E-state index contributed by atoms with van der Waals surface area (Å²) in [7, 11) is 0. The van der Waals surface area contributed by atoms with Crippen LogP contribution in [0.25, 0.3) is 0 Å². The number of hydrogen-bond acceptors (Lipinski definition) is 3. The van der Waals surface area contributed by atoms with Crippen molar-refractivity contribution in [1.82, 2.24) is 0 Å². The average molecular weight is 399 g/mol. The third kappa shape index (κ3) is 3.52. The molecule has 0 saturated heterocycles. The molecule has 2 aromatic rings. The summed E-state index contributed by atoms with van der Waals surface area (Å²) in [6.45, 7) is 0.633. The highest BCUT2D eigenvalue weighted by Crippen LogP contribution is 2.30. The van der Waals surface area contributed by atoms with E-state index in [9.17, 15) is 0 Å². The molecule has 0 bridgehead atoms. The van der Waals surface area contributed by atoms with Crippen LogP contribution in [0.2, 0.25) is 0 Å². The number of nitrogens with zero attached hydrogens (tertiary/aromatic N) is 1. The van der Waals surface area contributed by atoms with Crippen molar-refractivity contribution in [1.29, 1.82) is 0 Å². The number of hydrogen-bond donors (Lipinski definition) is 3. The second-order valence-electron chi connectivity index (χ2n) is 4.14. The van der Waals surface area contributed by atoms with Crippen LogP contribution < -0.4 is 11.1 Å². The van der Waals surface area contributed by atoms with Crippen molar-refractivity contribution in [2.75, 3.05) is 5.32 Å². The molecule has 6 heteroatoms. The molecule has 0 saturated carbocycles. The minimum absolute atomic E-state index is 0.105. The molecule has 104 valence electrons. The molecular weight excluding hydrogens is 386 g/mol. The highest BCUT2D eigenvalue weighted by atomic mass is 79.9. The molecule has 0 fully saturated rings. The second-order valence-corrected chi connectivity index (χ2v) is 5.84. The predicted molar refractivity (Wildman–Crippen MR) is 88.1 cm³/mol. The van der Waals surface area contributed by atoms with E-state index in [1.54, 1.807) is 6.07 Å². The Morgan fingerprint density at radius 2 is 1.80 bits per heavy atom. The first-order valence-corrected chi connectivity index (χ1v) is 7.45. The molecular formula is C14H13Br2N3O. The first-order chi connectivity index (χ1) is 9.61. The Bertz CT molecular complexity index is 624. The molecule has 0 radical (unpaired) electrons. The van der Waals surface area contributed by atoms with Gasteiger partial charge in [-0.3, -0.25) is 0 Å². The van der Waals surface area contributed by atoms with Crippen LogP contribution >= 0.6 is 31.9 Å². The molecule has 0 aliphatic heterocycles. The fourth-order valence-corrected chi connectivity index (χ4v) is 3.03. The summed E-state index contributed by atoms with van der Waals surface area (Å²) >= 11 is 7.01. The lowest BCUT2D eigenvalue weighted by atomic mass is 10.1. The van der Waals surface area contributed by atoms with Gasteiger partial charge in [0.15, 0.2) is 5.84 Å². The number of anilines is 1. The first kappa shape index (κ1) is 14.9. The molecule has 0 amide bonds. The summed E-state index contributed by atoms with van der Waals surface area (Å²) in [5, 5.41) is 15.0. The zero-order chi connectivity index (χ0) is 14.5. The lowest BCUT2D eigenvalue weighted by Gasteiger charge is -2.11. The molecule has 4 nitrogen and oxygen atoms in total. The maximum absolute atomic E-state index is 8.69. The normalized spacial score (nSPS) is 11.4. The fourth-order valence-electron chi connectivity index (χ4n) is 1.76. The van der Waals surface area contributed by atoms with Gasteiger partial charge in [-0.2, -0.15) is 0 Å². The van der Waals surface area contributed by atoms with E-state index in [1.807, 2.05) is 36.4 Å². The topological polar surface area (TPSA) is 70.6 Å². The maximum Gasteiger partial charge on any atom is 0.170 e. The zero-order valence-corrected chi connectivity index (χ0v) is 13.6. The molecule has 0 spiro atoms. The number of benzene rings is 2. The van der Waals surface area contributed by atoms with Gasteiger partial charge in [-0.25, -0.2) is 0 Å². The number of para-hydroxylation sites is 1. The number of halogens is 2. The quantitative estimate of drug-likeness (QED) is 0.316. The fraction of sp³-hybridized carbons (Fsp3) is 0.0714. The van der Waals surface area contributed by atoms with Gasteiger partial charge < -0.3 is 16.3 Å². The van der Waals surface area contributed by atoms with Crippen molar-refractivity contribution >= 4 is 43.4 Å². The standard InChI is InChI=1S/C14H13Br2N3O/c15-11-5-2-6-12(16)13(11)18-8-9-3-1-4-10(7-9)14(17)19-20/h1-7,18,20H,8H2,(H2,17,19). The third-order valence-electron chi connectivity index (χ3n) is 2.76. The Labute approximate surface area is 133 Å². The van der Waals surface area contributed by atoms with Crippen LogP contribution in [0.15, 0.2) is 56.6 Å². The van der Waals surface area contributed by atoms with Gasteiger partial charge in [-0.1, -0.05) is 29.4 Å². The van der Waals surface area contributed by atoms with Gasteiger partial charge in [0.25, 0.3) is 0 Å². The van der Waals surface area contributed by atoms with Crippen LogP contribution in [0.5, 0.6) is 0 Å². The molecule has 0 unspecified atom stereocenters. The Morgan fingerprint density at radius 1 is 1.15 bits per heavy atom. The van der Waals surface area contributed by atoms with Crippen LogP contribution in [0.3, 0.4) is 0 Å². The van der Waals surface area contributed by atoms with E-state index < -0.39 is 0 Å². The third-order valence-corrected chi connectivity index (χ3v) is 4.08. The Morgan fingerprint density at radius 3 is 2.45 bits per heavy atom. The highest BCUT2D eigenvalue weighted by molar-refractivity contribution is 9.11. The van der Waals surface area contributed by atoms with Crippen LogP contribution in [-0.4, -0.2) is 11.0 Å². The van der Waals surface area contributed by atoms with Crippen LogP contribution in [-0.2, 0) is 6.54 Å². The van der Waals surface area contributed by atoms with Crippen LogP contribution in [0, 0.1) is 0 Å². The molecule has 2 rings (SSSR count). The van der Waals surface area contributed by atoms with Gasteiger partial charge in [0.2, 0.25) is 0 Å². The Balaban J connectivity index is 2.15. The molecule has 20 heavy (non-hydrogen) atoms. The average Bonchev–Trinajstić information content (AvgIpc) is 2.46. The minimum Gasteiger partial charge on any atom is -0.409 e. The summed E-state index contributed by atoms with van der Waals surface area (Å²) in [5.41, 5.74) is 8.30. The number of oxime groups is 1. The van der Waals surface area contributed by atoms with E-state index in [2.05, 4.69) is 42.3 Å². The summed E-state index contributed by atoms with van der Waals surface area (Å²) in [6, 6.07) is 13.4. The van der Waals surface area contributed by atoms with Crippen molar-refractivity contribution in [3.05, 3.63) is 62.5 Å². The zero-order valence-electron chi connectivity index (χ0n) is 10.5.